The minimum Gasteiger partial charge on any atom is -0.203 e. The molecule has 1 aromatic rings. The molecule has 0 saturated carbocycles. The fourth-order valence-corrected chi connectivity index (χ4v) is 1.45. The summed E-state index contributed by atoms with van der Waals surface area (Å²) in [4.78, 5) is 0.843. The van der Waals surface area contributed by atoms with Crippen LogP contribution >= 0.6 is 11.3 Å². The Morgan fingerprint density at radius 3 is 1.44 bits per heavy atom. The summed E-state index contributed by atoms with van der Waals surface area (Å²) in [5.74, 6) is -1.39. The zero-order valence-electron chi connectivity index (χ0n) is 5.16. The molecule has 1 aromatic heterocycles. The Kier molecular flexibility index (Phi) is 1.53. The number of hydrogen-bond acceptors (Lipinski definition) is 1. The first-order chi connectivity index (χ1) is 4.13. The van der Waals surface area contributed by atoms with Gasteiger partial charge in [0.05, 0.1) is 0 Å². The molecule has 0 amide bonds. The second-order valence-corrected chi connectivity index (χ2v) is 3.27. The van der Waals surface area contributed by atoms with Gasteiger partial charge < -0.3 is 0 Å². The highest BCUT2D eigenvalue weighted by molar-refractivity contribution is 7.11. The number of halogens is 2. The van der Waals surface area contributed by atoms with Crippen molar-refractivity contribution in [3.63, 3.8) is 0 Å². The summed E-state index contributed by atoms with van der Waals surface area (Å²) in [6.07, 6.45) is 0. The Morgan fingerprint density at radius 1 is 1.00 bits per heavy atom. The molecule has 0 N–H and O–H groups in total. The van der Waals surface area contributed by atoms with Crippen molar-refractivity contribution in [1.29, 1.82) is 0 Å². The number of thiophene rings is 1. The topological polar surface area (TPSA) is 0 Å². The van der Waals surface area contributed by atoms with Crippen molar-refractivity contribution < 1.29 is 8.78 Å². The van der Waals surface area contributed by atoms with Crippen LogP contribution in [0, 0.1) is 25.5 Å². The Bertz CT molecular complexity index is 205. The van der Waals surface area contributed by atoms with Gasteiger partial charge in [-0.3, -0.25) is 0 Å². The quantitative estimate of drug-likeness (QED) is 0.530. The fraction of sp³-hybridized carbons (Fsp3) is 0.333. The van der Waals surface area contributed by atoms with E-state index in [1.165, 1.54) is 0 Å². The highest BCUT2D eigenvalue weighted by atomic mass is 32.1. The lowest BCUT2D eigenvalue weighted by Crippen LogP contribution is -1.76. The standard InChI is InChI=1S/C6H6F2S/c1-3-5(7)6(8)4(2)9-3/h1-2H3. The van der Waals surface area contributed by atoms with E-state index in [1.54, 1.807) is 13.8 Å². The highest BCUT2D eigenvalue weighted by Crippen LogP contribution is 2.23. The third kappa shape index (κ3) is 0.965. The minimum absolute atomic E-state index is 0.421. The maximum Gasteiger partial charge on any atom is 0.172 e. The van der Waals surface area contributed by atoms with Crippen LogP contribution in [0.3, 0.4) is 0 Å². The van der Waals surface area contributed by atoms with Crippen molar-refractivity contribution in [3.05, 3.63) is 21.4 Å². The third-order valence-corrected chi connectivity index (χ3v) is 2.09. The van der Waals surface area contributed by atoms with Crippen LogP contribution in [0.4, 0.5) is 8.78 Å². The zero-order chi connectivity index (χ0) is 7.02. The van der Waals surface area contributed by atoms with Crippen LogP contribution in [0.25, 0.3) is 0 Å². The molecule has 0 aliphatic rings. The maximum atomic E-state index is 12.4. The van der Waals surface area contributed by atoms with Crippen molar-refractivity contribution in [1.82, 2.24) is 0 Å². The smallest absolute Gasteiger partial charge is 0.172 e. The monoisotopic (exact) mass is 148 g/mol. The normalized spacial score (nSPS) is 10.2. The molecule has 50 valence electrons. The molecule has 0 radical (unpaired) electrons. The van der Waals surface area contributed by atoms with Crippen LogP contribution in [0.5, 0.6) is 0 Å². The summed E-state index contributed by atoms with van der Waals surface area (Å²) in [5.41, 5.74) is 0. The van der Waals surface area contributed by atoms with E-state index in [-0.39, 0.29) is 0 Å². The van der Waals surface area contributed by atoms with Gasteiger partial charge in [0.25, 0.3) is 0 Å². The van der Waals surface area contributed by atoms with Gasteiger partial charge in [-0.15, -0.1) is 11.3 Å². The van der Waals surface area contributed by atoms with Gasteiger partial charge in [-0.1, -0.05) is 0 Å². The van der Waals surface area contributed by atoms with E-state index in [9.17, 15) is 8.78 Å². The molecule has 3 heteroatoms. The molecule has 0 nitrogen and oxygen atoms in total. The predicted octanol–water partition coefficient (Wildman–Crippen LogP) is 2.64. The van der Waals surface area contributed by atoms with Crippen LogP contribution in [0.1, 0.15) is 9.75 Å². The van der Waals surface area contributed by atoms with Gasteiger partial charge in [-0.2, -0.15) is 0 Å². The van der Waals surface area contributed by atoms with Gasteiger partial charge in [0.15, 0.2) is 11.6 Å². The van der Waals surface area contributed by atoms with Crippen LogP contribution in [-0.2, 0) is 0 Å². The average Bonchev–Trinajstić information content (AvgIpc) is 1.98. The number of aryl methyl sites for hydroxylation is 2. The Balaban J connectivity index is 3.29. The highest BCUT2D eigenvalue weighted by Gasteiger charge is 2.10. The number of rotatable bonds is 0. The summed E-state index contributed by atoms with van der Waals surface area (Å²) < 4.78 is 24.8. The van der Waals surface area contributed by atoms with Crippen LogP contribution in [-0.4, -0.2) is 0 Å². The number of hydrogen-bond donors (Lipinski definition) is 0. The Labute approximate surface area is 56.1 Å². The molecule has 0 atom stereocenters. The molecular weight excluding hydrogens is 142 g/mol. The molecule has 0 saturated heterocycles. The van der Waals surface area contributed by atoms with Gasteiger partial charge in [-0.25, -0.2) is 8.78 Å². The van der Waals surface area contributed by atoms with E-state index >= 15 is 0 Å². The first-order valence-corrected chi connectivity index (χ1v) is 3.35. The molecule has 0 bridgehead atoms. The molecule has 1 rings (SSSR count). The lowest BCUT2D eigenvalue weighted by molar-refractivity contribution is 0.508. The summed E-state index contributed by atoms with van der Waals surface area (Å²) in [6.45, 7) is 3.13. The molecule has 0 unspecified atom stereocenters. The molecule has 1 heterocycles. The van der Waals surface area contributed by atoms with E-state index in [0.29, 0.717) is 9.75 Å². The molecule has 0 aliphatic carbocycles. The average molecular weight is 148 g/mol. The predicted molar refractivity (Wildman–Crippen MR) is 33.7 cm³/mol. The van der Waals surface area contributed by atoms with E-state index < -0.39 is 11.6 Å². The molecule has 0 aromatic carbocycles. The van der Waals surface area contributed by atoms with Gasteiger partial charge in [0, 0.05) is 9.75 Å². The Morgan fingerprint density at radius 2 is 1.33 bits per heavy atom. The molecular formula is C6H6F2S. The second kappa shape index (κ2) is 2.06. The second-order valence-electron chi connectivity index (χ2n) is 1.84. The van der Waals surface area contributed by atoms with Crippen molar-refractivity contribution in [2.24, 2.45) is 0 Å². The van der Waals surface area contributed by atoms with Crippen molar-refractivity contribution >= 4 is 11.3 Å². The van der Waals surface area contributed by atoms with Gasteiger partial charge in [-0.05, 0) is 13.8 Å². The van der Waals surface area contributed by atoms with E-state index in [0.717, 1.165) is 11.3 Å². The summed E-state index contributed by atoms with van der Waals surface area (Å²) in [7, 11) is 0. The van der Waals surface area contributed by atoms with Gasteiger partial charge >= 0.3 is 0 Å². The molecule has 9 heavy (non-hydrogen) atoms. The first-order valence-electron chi connectivity index (χ1n) is 2.54. The minimum atomic E-state index is -0.697. The van der Waals surface area contributed by atoms with Crippen molar-refractivity contribution in [2.75, 3.05) is 0 Å². The van der Waals surface area contributed by atoms with E-state index in [1.807, 2.05) is 0 Å². The first kappa shape index (κ1) is 6.68. The lowest BCUT2D eigenvalue weighted by atomic mass is 10.4. The van der Waals surface area contributed by atoms with Crippen LogP contribution in [0.15, 0.2) is 0 Å². The summed E-state index contributed by atoms with van der Waals surface area (Å²) >= 11 is 1.15. The fourth-order valence-electron chi connectivity index (χ4n) is 0.628. The van der Waals surface area contributed by atoms with Crippen LogP contribution < -0.4 is 0 Å². The SMILES string of the molecule is Cc1sc(C)c(F)c1F. The largest absolute Gasteiger partial charge is 0.203 e. The maximum absolute atomic E-state index is 12.4. The summed E-state index contributed by atoms with van der Waals surface area (Å²) in [5, 5.41) is 0. The third-order valence-electron chi connectivity index (χ3n) is 1.12. The van der Waals surface area contributed by atoms with Crippen molar-refractivity contribution in [2.45, 2.75) is 13.8 Å². The van der Waals surface area contributed by atoms with Gasteiger partial charge in [0.2, 0.25) is 0 Å². The van der Waals surface area contributed by atoms with Gasteiger partial charge in [0.1, 0.15) is 0 Å². The van der Waals surface area contributed by atoms with Crippen LogP contribution in [0.2, 0.25) is 0 Å². The molecule has 0 spiro atoms. The Hall–Kier alpha value is -0.440. The van der Waals surface area contributed by atoms with Crippen molar-refractivity contribution in [3.8, 4) is 0 Å². The molecule has 0 fully saturated rings. The molecule has 0 aliphatic heterocycles. The lowest BCUT2D eigenvalue weighted by Gasteiger charge is -1.80. The van der Waals surface area contributed by atoms with E-state index in [2.05, 4.69) is 0 Å². The van der Waals surface area contributed by atoms with E-state index in [4.69, 9.17) is 0 Å². The zero-order valence-corrected chi connectivity index (χ0v) is 5.98. The summed E-state index contributed by atoms with van der Waals surface area (Å²) in [6, 6.07) is 0.